The van der Waals surface area contributed by atoms with Crippen LogP contribution in [0.5, 0.6) is 0 Å². The lowest BCUT2D eigenvalue weighted by molar-refractivity contribution is -0.0530. The Morgan fingerprint density at radius 3 is 2.42 bits per heavy atom. The Kier molecular flexibility index (Phi) is 4.10. The highest BCUT2D eigenvalue weighted by Gasteiger charge is 2.25. The van der Waals surface area contributed by atoms with E-state index in [1.54, 1.807) is 0 Å². The Hall–Kier alpha value is -1.55. The van der Waals surface area contributed by atoms with Crippen LogP contribution in [0.25, 0.3) is 0 Å². The third kappa shape index (κ3) is 3.47. The van der Waals surface area contributed by atoms with Gasteiger partial charge in [0.25, 0.3) is 0 Å². The van der Waals surface area contributed by atoms with E-state index in [0.717, 1.165) is 5.69 Å². The quantitative estimate of drug-likeness (QED) is 0.845. The molecule has 1 saturated heterocycles. The molecule has 0 unspecified atom stereocenters. The first-order valence-corrected chi connectivity index (χ1v) is 6.74. The minimum absolute atomic E-state index is 0.0507. The highest BCUT2D eigenvalue weighted by atomic mass is 16.5. The number of anilines is 1. The standard InChI is InChI=1S/C15H22N2O2/c1-10-5-6-14(7-11(10)2)16-15(18)17-8-12(3)19-13(4)9-17/h5-7,12-13H,8-9H2,1-4H3,(H,16,18)/t12-,13-/m1/s1. The van der Waals surface area contributed by atoms with Gasteiger partial charge in [-0.25, -0.2) is 4.79 Å². The Bertz CT molecular complexity index is 463. The molecule has 0 aliphatic carbocycles. The number of nitrogens with one attached hydrogen (secondary N) is 1. The van der Waals surface area contributed by atoms with Crippen LogP contribution in [0.1, 0.15) is 25.0 Å². The number of amides is 2. The van der Waals surface area contributed by atoms with Gasteiger partial charge in [-0.3, -0.25) is 0 Å². The first-order valence-electron chi connectivity index (χ1n) is 6.74. The van der Waals surface area contributed by atoms with Gasteiger partial charge in [-0.05, 0) is 51.0 Å². The molecule has 0 saturated carbocycles. The maximum absolute atomic E-state index is 12.2. The van der Waals surface area contributed by atoms with Gasteiger partial charge < -0.3 is 15.0 Å². The summed E-state index contributed by atoms with van der Waals surface area (Å²) in [5.41, 5.74) is 3.26. The Morgan fingerprint density at radius 2 is 1.84 bits per heavy atom. The molecule has 0 radical (unpaired) electrons. The van der Waals surface area contributed by atoms with Crippen molar-refractivity contribution in [2.45, 2.75) is 39.9 Å². The average molecular weight is 262 g/mol. The number of carbonyl (C=O) groups is 1. The van der Waals surface area contributed by atoms with Crippen molar-refractivity contribution < 1.29 is 9.53 Å². The van der Waals surface area contributed by atoms with Crippen LogP contribution < -0.4 is 5.32 Å². The smallest absolute Gasteiger partial charge is 0.322 e. The summed E-state index contributed by atoms with van der Waals surface area (Å²) in [6.07, 6.45) is 0.184. The molecule has 4 nitrogen and oxygen atoms in total. The number of aryl methyl sites for hydroxylation is 2. The molecule has 0 aromatic heterocycles. The van der Waals surface area contributed by atoms with E-state index in [0.29, 0.717) is 13.1 Å². The number of morpholine rings is 1. The van der Waals surface area contributed by atoms with E-state index < -0.39 is 0 Å². The van der Waals surface area contributed by atoms with Crippen LogP contribution in [-0.4, -0.2) is 36.2 Å². The van der Waals surface area contributed by atoms with Gasteiger partial charge in [-0.1, -0.05) is 6.07 Å². The Morgan fingerprint density at radius 1 is 1.21 bits per heavy atom. The third-order valence-corrected chi connectivity index (χ3v) is 3.47. The molecule has 2 atom stereocenters. The van der Waals surface area contributed by atoms with E-state index in [1.165, 1.54) is 11.1 Å². The summed E-state index contributed by atoms with van der Waals surface area (Å²) in [6.45, 7) is 9.37. The topological polar surface area (TPSA) is 41.6 Å². The molecular weight excluding hydrogens is 240 g/mol. The molecule has 1 aromatic rings. The number of hydrogen-bond donors (Lipinski definition) is 1. The van der Waals surface area contributed by atoms with E-state index in [4.69, 9.17) is 4.74 Å². The van der Waals surface area contributed by atoms with Gasteiger partial charge in [0.2, 0.25) is 0 Å². The van der Waals surface area contributed by atoms with Crippen LogP contribution in [0, 0.1) is 13.8 Å². The van der Waals surface area contributed by atoms with Gasteiger partial charge in [0.1, 0.15) is 0 Å². The molecule has 0 bridgehead atoms. The minimum Gasteiger partial charge on any atom is -0.372 e. The van der Waals surface area contributed by atoms with E-state index in [9.17, 15) is 4.79 Å². The van der Waals surface area contributed by atoms with E-state index in [1.807, 2.05) is 43.9 Å². The van der Waals surface area contributed by atoms with E-state index >= 15 is 0 Å². The zero-order valence-corrected chi connectivity index (χ0v) is 12.1. The number of carbonyl (C=O) groups excluding carboxylic acids is 1. The zero-order chi connectivity index (χ0) is 14.0. The summed E-state index contributed by atoms with van der Waals surface area (Å²) >= 11 is 0. The van der Waals surface area contributed by atoms with Crippen molar-refractivity contribution in [2.24, 2.45) is 0 Å². The molecule has 104 valence electrons. The maximum atomic E-state index is 12.2. The van der Waals surface area contributed by atoms with Crippen molar-refractivity contribution in [3.8, 4) is 0 Å². The van der Waals surface area contributed by atoms with Gasteiger partial charge in [0.05, 0.1) is 12.2 Å². The molecule has 1 aromatic carbocycles. The monoisotopic (exact) mass is 262 g/mol. The summed E-state index contributed by atoms with van der Waals surface area (Å²) in [5.74, 6) is 0. The molecule has 2 rings (SSSR count). The first kappa shape index (κ1) is 13.9. The lowest BCUT2D eigenvalue weighted by atomic mass is 10.1. The molecule has 4 heteroatoms. The molecule has 0 spiro atoms. The number of benzene rings is 1. The number of rotatable bonds is 1. The van der Waals surface area contributed by atoms with Crippen LogP contribution in [-0.2, 0) is 4.74 Å². The van der Waals surface area contributed by atoms with Crippen LogP contribution in [0.4, 0.5) is 10.5 Å². The first-order chi connectivity index (χ1) is 8.95. The lowest BCUT2D eigenvalue weighted by Gasteiger charge is -2.35. The van der Waals surface area contributed by atoms with Crippen molar-refractivity contribution >= 4 is 11.7 Å². The number of urea groups is 1. The van der Waals surface area contributed by atoms with Crippen molar-refractivity contribution in [2.75, 3.05) is 18.4 Å². The second-order valence-electron chi connectivity index (χ2n) is 5.39. The molecule has 1 N–H and O–H groups in total. The van der Waals surface area contributed by atoms with Crippen LogP contribution in [0.3, 0.4) is 0 Å². The van der Waals surface area contributed by atoms with Gasteiger partial charge in [-0.2, -0.15) is 0 Å². The van der Waals surface area contributed by atoms with E-state index in [-0.39, 0.29) is 18.2 Å². The summed E-state index contributed by atoms with van der Waals surface area (Å²) < 4.78 is 5.63. The van der Waals surface area contributed by atoms with Crippen molar-refractivity contribution in [3.05, 3.63) is 29.3 Å². The summed E-state index contributed by atoms with van der Waals surface area (Å²) in [5, 5.41) is 2.95. The molecule has 1 aliphatic heterocycles. The molecule has 19 heavy (non-hydrogen) atoms. The molecule has 1 fully saturated rings. The van der Waals surface area contributed by atoms with Gasteiger partial charge in [0.15, 0.2) is 0 Å². The Balaban J connectivity index is 2.02. The average Bonchev–Trinajstić information content (AvgIpc) is 2.32. The third-order valence-electron chi connectivity index (χ3n) is 3.47. The summed E-state index contributed by atoms with van der Waals surface area (Å²) in [4.78, 5) is 14.0. The normalized spacial score (nSPS) is 23.3. The highest BCUT2D eigenvalue weighted by molar-refractivity contribution is 5.89. The highest BCUT2D eigenvalue weighted by Crippen LogP contribution is 2.16. The van der Waals surface area contributed by atoms with Crippen molar-refractivity contribution in [1.29, 1.82) is 0 Å². The van der Waals surface area contributed by atoms with Crippen LogP contribution >= 0.6 is 0 Å². The minimum atomic E-state index is -0.0507. The maximum Gasteiger partial charge on any atom is 0.322 e. The fourth-order valence-corrected chi connectivity index (χ4v) is 2.37. The second kappa shape index (κ2) is 5.61. The number of nitrogens with zero attached hydrogens (tertiary/aromatic N) is 1. The van der Waals surface area contributed by atoms with Gasteiger partial charge in [0, 0.05) is 18.8 Å². The number of hydrogen-bond acceptors (Lipinski definition) is 2. The van der Waals surface area contributed by atoms with Gasteiger partial charge in [-0.15, -0.1) is 0 Å². The number of ether oxygens (including phenoxy) is 1. The van der Waals surface area contributed by atoms with E-state index in [2.05, 4.69) is 12.2 Å². The fraction of sp³-hybridized carbons (Fsp3) is 0.533. The molecule has 1 heterocycles. The molecule has 1 aliphatic rings. The predicted molar refractivity (Wildman–Crippen MR) is 76.5 cm³/mol. The van der Waals surface area contributed by atoms with Crippen LogP contribution in [0.2, 0.25) is 0 Å². The lowest BCUT2D eigenvalue weighted by Crippen LogP contribution is -2.49. The van der Waals surface area contributed by atoms with Gasteiger partial charge >= 0.3 is 6.03 Å². The van der Waals surface area contributed by atoms with Crippen molar-refractivity contribution in [1.82, 2.24) is 4.90 Å². The van der Waals surface area contributed by atoms with Crippen LogP contribution in [0.15, 0.2) is 18.2 Å². The second-order valence-corrected chi connectivity index (χ2v) is 5.39. The Labute approximate surface area is 114 Å². The molecular formula is C15H22N2O2. The largest absolute Gasteiger partial charge is 0.372 e. The summed E-state index contributed by atoms with van der Waals surface area (Å²) in [6, 6.07) is 5.91. The zero-order valence-electron chi connectivity index (χ0n) is 12.1. The fourth-order valence-electron chi connectivity index (χ4n) is 2.37. The predicted octanol–water partition coefficient (Wildman–Crippen LogP) is 2.94. The summed E-state index contributed by atoms with van der Waals surface area (Å²) in [7, 11) is 0. The SMILES string of the molecule is Cc1ccc(NC(=O)N2C[C@@H](C)O[C@H](C)C2)cc1C. The van der Waals surface area contributed by atoms with Crippen molar-refractivity contribution in [3.63, 3.8) is 0 Å². The molecule has 2 amide bonds.